The molecule has 2 amide bonds. The van der Waals surface area contributed by atoms with Crippen molar-refractivity contribution in [3.8, 4) is 0 Å². The number of amides is 2. The molecule has 0 bridgehead atoms. The van der Waals surface area contributed by atoms with Gasteiger partial charge in [0.15, 0.2) is 0 Å². The van der Waals surface area contributed by atoms with Crippen LogP contribution in [0.25, 0.3) is 0 Å². The molecule has 0 aromatic heterocycles. The molecule has 1 heterocycles. The summed E-state index contributed by atoms with van der Waals surface area (Å²) in [7, 11) is 0. The van der Waals surface area contributed by atoms with Crippen molar-refractivity contribution < 1.29 is 9.59 Å². The predicted octanol–water partition coefficient (Wildman–Crippen LogP) is 1.93. The highest BCUT2D eigenvalue weighted by Crippen LogP contribution is 2.16. The van der Waals surface area contributed by atoms with Crippen LogP contribution in [-0.4, -0.2) is 48.6 Å². The Labute approximate surface area is 154 Å². The molecule has 1 atom stereocenters. The van der Waals surface area contributed by atoms with E-state index in [1.807, 2.05) is 0 Å². The summed E-state index contributed by atoms with van der Waals surface area (Å²) < 4.78 is 0. The second-order valence-corrected chi connectivity index (χ2v) is 7.71. The zero-order valence-electron chi connectivity index (χ0n) is 15.0. The molecular formula is C19H29N3O2S. The first-order valence-electron chi connectivity index (χ1n) is 8.96. The number of nitrogens with one attached hydrogen (secondary N) is 1. The summed E-state index contributed by atoms with van der Waals surface area (Å²) in [5.41, 5.74) is 7.89. The zero-order chi connectivity index (χ0) is 18.1. The Morgan fingerprint density at radius 1 is 1.32 bits per heavy atom. The smallest absolute Gasteiger partial charge is 0.230 e. The van der Waals surface area contributed by atoms with E-state index < -0.39 is 0 Å². The van der Waals surface area contributed by atoms with Crippen LogP contribution < -0.4 is 11.1 Å². The van der Waals surface area contributed by atoms with E-state index in [0.717, 1.165) is 44.6 Å². The third-order valence-electron chi connectivity index (χ3n) is 4.50. The number of nitrogens with zero attached hydrogens (tertiary/aromatic N) is 1. The maximum absolute atomic E-state index is 11.9. The van der Waals surface area contributed by atoms with Gasteiger partial charge in [-0.3, -0.25) is 9.59 Å². The molecule has 5 nitrogen and oxygen atoms in total. The maximum Gasteiger partial charge on any atom is 0.230 e. The van der Waals surface area contributed by atoms with Gasteiger partial charge >= 0.3 is 0 Å². The van der Waals surface area contributed by atoms with Crippen LogP contribution in [0.1, 0.15) is 30.4 Å². The summed E-state index contributed by atoms with van der Waals surface area (Å²) in [5, 5.41) is 2.97. The van der Waals surface area contributed by atoms with E-state index in [2.05, 4.69) is 41.4 Å². The third-order valence-corrected chi connectivity index (χ3v) is 5.51. The Morgan fingerprint density at radius 2 is 2.08 bits per heavy atom. The van der Waals surface area contributed by atoms with Gasteiger partial charge in [-0.1, -0.05) is 29.8 Å². The van der Waals surface area contributed by atoms with Crippen molar-refractivity contribution in [2.24, 2.45) is 11.7 Å². The number of hydrogen-bond donors (Lipinski definition) is 2. The number of benzene rings is 1. The monoisotopic (exact) mass is 363 g/mol. The quantitative estimate of drug-likeness (QED) is 0.658. The first-order chi connectivity index (χ1) is 12.0. The molecule has 0 saturated carbocycles. The normalized spacial score (nSPS) is 18.0. The van der Waals surface area contributed by atoms with Gasteiger partial charge in [0.25, 0.3) is 0 Å². The number of carbonyl (C=O) groups excluding carboxylic acids is 2. The molecule has 1 aromatic rings. The fraction of sp³-hybridized carbons (Fsp3) is 0.579. The van der Waals surface area contributed by atoms with Crippen LogP contribution in [0.3, 0.4) is 0 Å². The van der Waals surface area contributed by atoms with Crippen LogP contribution in [0.15, 0.2) is 24.3 Å². The molecule has 2 rings (SSSR count). The van der Waals surface area contributed by atoms with Gasteiger partial charge in [-0.25, -0.2) is 0 Å². The second kappa shape index (κ2) is 10.5. The van der Waals surface area contributed by atoms with Crippen molar-refractivity contribution in [3.05, 3.63) is 35.4 Å². The Kier molecular flexibility index (Phi) is 8.28. The molecule has 25 heavy (non-hydrogen) atoms. The summed E-state index contributed by atoms with van der Waals surface area (Å²) in [6.45, 7) is 5.43. The van der Waals surface area contributed by atoms with Gasteiger partial charge in [-0.2, -0.15) is 0 Å². The lowest BCUT2D eigenvalue weighted by Gasteiger charge is -2.31. The molecule has 1 aromatic carbocycles. The SMILES string of the molecule is Cc1ccc(CSCC(=O)NCCCN2CCCC(C(N)=O)C2)cc1. The van der Waals surface area contributed by atoms with Crippen LogP contribution in [0.5, 0.6) is 0 Å². The van der Waals surface area contributed by atoms with Gasteiger partial charge < -0.3 is 16.0 Å². The van der Waals surface area contributed by atoms with Crippen molar-refractivity contribution in [3.63, 3.8) is 0 Å². The Hall–Kier alpha value is -1.53. The van der Waals surface area contributed by atoms with Crippen LogP contribution >= 0.6 is 11.8 Å². The molecule has 1 saturated heterocycles. The van der Waals surface area contributed by atoms with E-state index in [9.17, 15) is 9.59 Å². The Balaban J connectivity index is 1.53. The predicted molar refractivity (Wildman–Crippen MR) is 103 cm³/mol. The number of thioether (sulfide) groups is 1. The number of aryl methyl sites for hydroxylation is 1. The van der Waals surface area contributed by atoms with Crippen LogP contribution in [0, 0.1) is 12.8 Å². The first kappa shape index (κ1) is 19.8. The van der Waals surface area contributed by atoms with Gasteiger partial charge in [0.1, 0.15) is 0 Å². The van der Waals surface area contributed by atoms with Gasteiger partial charge in [0.05, 0.1) is 11.7 Å². The highest BCUT2D eigenvalue weighted by atomic mass is 32.2. The Bertz CT molecular complexity index is 562. The minimum atomic E-state index is -0.191. The molecule has 1 aliphatic rings. The molecule has 0 aliphatic carbocycles. The van der Waals surface area contributed by atoms with E-state index in [1.54, 1.807) is 11.8 Å². The Morgan fingerprint density at radius 3 is 2.80 bits per heavy atom. The number of primary amides is 1. The highest BCUT2D eigenvalue weighted by Gasteiger charge is 2.23. The van der Waals surface area contributed by atoms with E-state index in [0.29, 0.717) is 12.3 Å². The highest BCUT2D eigenvalue weighted by molar-refractivity contribution is 7.99. The number of carbonyl (C=O) groups is 2. The number of likely N-dealkylation sites (tertiary alicyclic amines) is 1. The van der Waals surface area contributed by atoms with E-state index in [1.165, 1.54) is 11.1 Å². The van der Waals surface area contributed by atoms with Crippen molar-refractivity contribution in [1.29, 1.82) is 0 Å². The van der Waals surface area contributed by atoms with Crippen LogP contribution in [0.2, 0.25) is 0 Å². The van der Waals surface area contributed by atoms with Crippen LogP contribution in [-0.2, 0) is 15.3 Å². The minimum Gasteiger partial charge on any atom is -0.369 e. The molecule has 3 N–H and O–H groups in total. The summed E-state index contributed by atoms with van der Waals surface area (Å²) >= 11 is 1.64. The number of hydrogen-bond acceptors (Lipinski definition) is 4. The van der Waals surface area contributed by atoms with Gasteiger partial charge in [0.2, 0.25) is 11.8 Å². The second-order valence-electron chi connectivity index (χ2n) is 6.72. The molecule has 1 aliphatic heterocycles. The largest absolute Gasteiger partial charge is 0.369 e. The lowest BCUT2D eigenvalue weighted by molar-refractivity contribution is -0.123. The first-order valence-corrected chi connectivity index (χ1v) is 10.1. The molecular weight excluding hydrogens is 334 g/mol. The maximum atomic E-state index is 11.9. The summed E-state index contributed by atoms with van der Waals surface area (Å²) in [4.78, 5) is 25.4. The molecule has 1 unspecified atom stereocenters. The van der Waals surface area contributed by atoms with Gasteiger partial charge in [-0.15, -0.1) is 11.8 Å². The van der Waals surface area contributed by atoms with Crippen molar-refractivity contribution in [2.75, 3.05) is 31.9 Å². The van der Waals surface area contributed by atoms with Gasteiger partial charge in [0, 0.05) is 18.8 Å². The lowest BCUT2D eigenvalue weighted by atomic mass is 9.97. The summed E-state index contributed by atoms with van der Waals surface area (Å²) in [5.74, 6) is 1.23. The van der Waals surface area contributed by atoms with E-state index >= 15 is 0 Å². The molecule has 6 heteroatoms. The third kappa shape index (κ3) is 7.48. The zero-order valence-corrected chi connectivity index (χ0v) is 15.8. The standard InChI is InChI=1S/C19H29N3O2S/c1-15-5-7-16(8-6-15)13-25-14-18(23)21-9-3-11-22-10-2-4-17(12-22)19(20)24/h5-8,17H,2-4,9-14H2,1H3,(H2,20,24)(H,21,23). The number of rotatable bonds is 9. The molecule has 0 radical (unpaired) electrons. The topological polar surface area (TPSA) is 75.4 Å². The van der Waals surface area contributed by atoms with E-state index in [4.69, 9.17) is 5.73 Å². The number of piperidine rings is 1. The average Bonchev–Trinajstić information content (AvgIpc) is 2.61. The average molecular weight is 364 g/mol. The molecule has 0 spiro atoms. The van der Waals surface area contributed by atoms with E-state index in [-0.39, 0.29) is 17.7 Å². The fourth-order valence-electron chi connectivity index (χ4n) is 3.02. The van der Waals surface area contributed by atoms with Crippen molar-refractivity contribution in [1.82, 2.24) is 10.2 Å². The van der Waals surface area contributed by atoms with Crippen molar-refractivity contribution >= 4 is 23.6 Å². The van der Waals surface area contributed by atoms with Crippen LogP contribution in [0.4, 0.5) is 0 Å². The minimum absolute atomic E-state index is 0.0125. The summed E-state index contributed by atoms with van der Waals surface area (Å²) in [6.07, 6.45) is 2.83. The molecule has 138 valence electrons. The summed E-state index contributed by atoms with van der Waals surface area (Å²) in [6, 6.07) is 8.41. The van der Waals surface area contributed by atoms with Gasteiger partial charge in [-0.05, 0) is 44.8 Å². The molecule has 1 fully saturated rings. The lowest BCUT2D eigenvalue weighted by Crippen LogP contribution is -2.42. The van der Waals surface area contributed by atoms with Crippen molar-refractivity contribution in [2.45, 2.75) is 31.9 Å². The fourth-order valence-corrected chi connectivity index (χ4v) is 3.84. The number of nitrogens with two attached hydrogens (primary N) is 1.